The Morgan fingerprint density at radius 3 is 3.00 bits per heavy atom. The number of pyridine rings is 1. The minimum Gasteiger partial charge on any atom is -0.427 e. The van der Waals surface area contributed by atoms with Gasteiger partial charge < -0.3 is 10.5 Å². The summed E-state index contributed by atoms with van der Waals surface area (Å²) in [5, 5.41) is 8.90. The van der Waals surface area contributed by atoms with E-state index in [1.165, 1.54) is 11.3 Å². The van der Waals surface area contributed by atoms with E-state index in [-0.39, 0.29) is 0 Å². The molecule has 0 spiro atoms. The van der Waals surface area contributed by atoms with Crippen molar-refractivity contribution in [3.05, 3.63) is 36.0 Å². The molecule has 17 heavy (non-hydrogen) atoms. The second-order valence-corrected chi connectivity index (χ2v) is 4.15. The van der Waals surface area contributed by atoms with Gasteiger partial charge in [0.2, 0.25) is 0 Å². The van der Waals surface area contributed by atoms with Crippen molar-refractivity contribution in [1.29, 1.82) is 0 Å². The third kappa shape index (κ3) is 1.78. The lowest BCUT2D eigenvalue weighted by atomic mass is 10.2. The number of rotatable bonds is 2. The minimum absolute atomic E-state index is 0.488. The van der Waals surface area contributed by atoms with Crippen molar-refractivity contribution in [3.8, 4) is 10.9 Å². The van der Waals surface area contributed by atoms with Gasteiger partial charge in [-0.3, -0.25) is 4.98 Å². The fraction of sp³-hybridized carbons (Fsp3) is 0. The van der Waals surface area contributed by atoms with Crippen molar-refractivity contribution >= 4 is 27.9 Å². The maximum Gasteiger partial charge on any atom is 0.299 e. The van der Waals surface area contributed by atoms with Crippen molar-refractivity contribution < 1.29 is 4.74 Å². The zero-order chi connectivity index (χ0) is 11.7. The van der Waals surface area contributed by atoms with Gasteiger partial charge in [-0.2, -0.15) is 0 Å². The van der Waals surface area contributed by atoms with Gasteiger partial charge in [-0.1, -0.05) is 16.4 Å². The van der Waals surface area contributed by atoms with Crippen LogP contribution in [0.15, 0.2) is 36.0 Å². The van der Waals surface area contributed by atoms with Gasteiger partial charge in [-0.05, 0) is 24.3 Å². The molecule has 0 radical (unpaired) electrons. The SMILES string of the molecule is Nc1ccc(Oc2nncs2)c2ncccc12. The zero-order valence-electron chi connectivity index (χ0n) is 8.70. The Bertz CT molecular complexity index is 654. The predicted molar refractivity (Wildman–Crippen MR) is 66.1 cm³/mol. The van der Waals surface area contributed by atoms with Crippen molar-refractivity contribution in [2.24, 2.45) is 0 Å². The molecule has 0 aliphatic rings. The van der Waals surface area contributed by atoms with Gasteiger partial charge in [-0.25, -0.2) is 0 Å². The molecule has 5 nitrogen and oxygen atoms in total. The van der Waals surface area contributed by atoms with Crippen LogP contribution in [0, 0.1) is 0 Å². The molecule has 84 valence electrons. The number of hydrogen-bond acceptors (Lipinski definition) is 6. The second kappa shape index (κ2) is 3.99. The van der Waals surface area contributed by atoms with Crippen molar-refractivity contribution in [2.45, 2.75) is 0 Å². The van der Waals surface area contributed by atoms with Gasteiger partial charge in [0.05, 0.1) is 0 Å². The van der Waals surface area contributed by atoms with E-state index in [4.69, 9.17) is 10.5 Å². The average molecular weight is 244 g/mol. The van der Waals surface area contributed by atoms with Gasteiger partial charge in [0.15, 0.2) is 5.75 Å². The highest BCUT2D eigenvalue weighted by molar-refractivity contribution is 7.11. The van der Waals surface area contributed by atoms with Crippen LogP contribution in [-0.2, 0) is 0 Å². The van der Waals surface area contributed by atoms with E-state index in [1.807, 2.05) is 12.1 Å². The third-order valence-electron chi connectivity index (χ3n) is 2.30. The Labute approximate surface area is 101 Å². The van der Waals surface area contributed by atoms with Crippen molar-refractivity contribution in [1.82, 2.24) is 15.2 Å². The van der Waals surface area contributed by atoms with E-state index in [9.17, 15) is 0 Å². The van der Waals surface area contributed by atoms with E-state index in [0.717, 1.165) is 10.9 Å². The highest BCUT2D eigenvalue weighted by atomic mass is 32.1. The van der Waals surface area contributed by atoms with Crippen LogP contribution < -0.4 is 10.5 Å². The van der Waals surface area contributed by atoms with E-state index in [2.05, 4.69) is 15.2 Å². The smallest absolute Gasteiger partial charge is 0.299 e. The van der Waals surface area contributed by atoms with Gasteiger partial charge in [0.1, 0.15) is 11.0 Å². The molecule has 2 heterocycles. The molecule has 2 N–H and O–H groups in total. The molecular formula is C11H8N4OS. The lowest BCUT2D eigenvalue weighted by Gasteiger charge is -2.06. The molecule has 2 aromatic heterocycles. The fourth-order valence-corrected chi connectivity index (χ4v) is 1.97. The van der Waals surface area contributed by atoms with Crippen LogP contribution in [0.25, 0.3) is 10.9 Å². The number of nitrogens with zero attached hydrogens (tertiary/aromatic N) is 3. The first-order valence-corrected chi connectivity index (χ1v) is 5.80. The Morgan fingerprint density at radius 2 is 2.18 bits per heavy atom. The standard InChI is InChI=1S/C11H8N4OS/c12-8-3-4-9(16-11-15-14-6-17-11)10-7(8)2-1-5-13-10/h1-6H,12H2. The maximum atomic E-state index is 5.88. The Morgan fingerprint density at radius 1 is 1.24 bits per heavy atom. The lowest BCUT2D eigenvalue weighted by Crippen LogP contribution is -1.92. The summed E-state index contributed by atoms with van der Waals surface area (Å²) in [6, 6.07) is 7.32. The average Bonchev–Trinajstić information content (AvgIpc) is 2.86. The molecule has 6 heteroatoms. The molecule has 0 saturated carbocycles. The molecule has 3 aromatic rings. The van der Waals surface area contributed by atoms with Gasteiger partial charge in [0, 0.05) is 17.3 Å². The number of anilines is 1. The zero-order valence-corrected chi connectivity index (χ0v) is 9.52. The van der Waals surface area contributed by atoms with Crippen LogP contribution in [0.1, 0.15) is 0 Å². The summed E-state index contributed by atoms with van der Waals surface area (Å²) in [5.41, 5.74) is 8.89. The summed E-state index contributed by atoms with van der Waals surface area (Å²) >= 11 is 1.33. The summed E-state index contributed by atoms with van der Waals surface area (Å²) in [6.45, 7) is 0. The normalized spacial score (nSPS) is 10.6. The summed E-state index contributed by atoms with van der Waals surface area (Å²) in [4.78, 5) is 4.27. The Balaban J connectivity index is 2.14. The summed E-state index contributed by atoms with van der Waals surface area (Å²) < 4.78 is 5.61. The van der Waals surface area contributed by atoms with Crippen LogP contribution in [0.2, 0.25) is 0 Å². The molecule has 0 unspecified atom stereocenters. The second-order valence-electron chi connectivity index (χ2n) is 3.36. The highest BCUT2D eigenvalue weighted by Gasteiger charge is 2.08. The van der Waals surface area contributed by atoms with Crippen LogP contribution in [0.4, 0.5) is 5.69 Å². The number of aromatic nitrogens is 3. The molecule has 0 amide bonds. The molecule has 0 saturated heterocycles. The molecule has 0 fully saturated rings. The molecule has 1 aromatic carbocycles. The Hall–Kier alpha value is -2.21. The van der Waals surface area contributed by atoms with Crippen LogP contribution in [0.3, 0.4) is 0 Å². The van der Waals surface area contributed by atoms with Crippen molar-refractivity contribution in [3.63, 3.8) is 0 Å². The number of nitrogen functional groups attached to an aromatic ring is 1. The summed E-state index contributed by atoms with van der Waals surface area (Å²) in [5.74, 6) is 0.631. The van der Waals surface area contributed by atoms with Crippen LogP contribution >= 0.6 is 11.3 Å². The van der Waals surface area contributed by atoms with E-state index >= 15 is 0 Å². The minimum atomic E-state index is 0.488. The monoisotopic (exact) mass is 244 g/mol. The first kappa shape index (κ1) is 9.98. The van der Waals surface area contributed by atoms with E-state index in [0.29, 0.717) is 16.6 Å². The van der Waals surface area contributed by atoms with Gasteiger partial charge in [0.25, 0.3) is 5.19 Å². The molecule has 0 aliphatic heterocycles. The van der Waals surface area contributed by atoms with E-state index < -0.39 is 0 Å². The number of benzene rings is 1. The summed E-state index contributed by atoms with van der Waals surface area (Å²) in [7, 11) is 0. The number of ether oxygens (including phenoxy) is 1. The third-order valence-corrected chi connectivity index (χ3v) is 2.87. The molecule has 3 rings (SSSR count). The topological polar surface area (TPSA) is 73.9 Å². The maximum absolute atomic E-state index is 5.88. The molecule has 0 aliphatic carbocycles. The predicted octanol–water partition coefficient (Wildman–Crippen LogP) is 2.46. The van der Waals surface area contributed by atoms with Crippen LogP contribution in [0.5, 0.6) is 10.9 Å². The van der Waals surface area contributed by atoms with Gasteiger partial charge in [-0.15, -0.1) is 5.10 Å². The molecule has 0 bridgehead atoms. The fourth-order valence-electron chi connectivity index (χ4n) is 1.55. The highest BCUT2D eigenvalue weighted by Crippen LogP contribution is 2.31. The number of nitrogens with two attached hydrogens (primary N) is 1. The quantitative estimate of drug-likeness (QED) is 0.701. The summed E-state index contributed by atoms with van der Waals surface area (Å²) in [6.07, 6.45) is 1.70. The lowest BCUT2D eigenvalue weighted by molar-refractivity contribution is 0.477. The largest absolute Gasteiger partial charge is 0.427 e. The Kier molecular flexibility index (Phi) is 2.34. The van der Waals surface area contributed by atoms with E-state index in [1.54, 1.807) is 23.8 Å². The first-order valence-electron chi connectivity index (χ1n) is 4.92. The van der Waals surface area contributed by atoms with Crippen molar-refractivity contribution in [2.75, 3.05) is 5.73 Å². The number of fused-ring (bicyclic) bond motifs is 1. The molecule has 0 atom stereocenters. The number of hydrogen-bond donors (Lipinski definition) is 1. The van der Waals surface area contributed by atoms with Gasteiger partial charge >= 0.3 is 0 Å². The first-order chi connectivity index (χ1) is 8.34. The molecular weight excluding hydrogens is 236 g/mol. The van der Waals surface area contributed by atoms with Crippen LogP contribution in [-0.4, -0.2) is 15.2 Å².